The molecule has 0 bridgehead atoms. The molecule has 1 aromatic rings. The highest BCUT2D eigenvalue weighted by atomic mass is 16.3. The van der Waals surface area contributed by atoms with Gasteiger partial charge in [-0.1, -0.05) is 18.2 Å². The molecule has 0 unspecified atom stereocenters. The number of carbonyl (C=O) groups is 1. The Morgan fingerprint density at radius 3 is 2.76 bits per heavy atom. The maximum absolute atomic E-state index is 11.3. The monoisotopic (exact) mass is 235 g/mol. The Morgan fingerprint density at radius 1 is 1.29 bits per heavy atom. The lowest BCUT2D eigenvalue weighted by Gasteiger charge is -2.00. The smallest absolute Gasteiger partial charge is 0.223 e. The second-order valence-corrected chi connectivity index (χ2v) is 3.64. The molecule has 1 aromatic carbocycles. The molecule has 1 amide bonds. The summed E-state index contributed by atoms with van der Waals surface area (Å²) in [6.07, 6.45) is 4.85. The first-order valence-electron chi connectivity index (χ1n) is 5.59. The number of hydrogen-bond donors (Lipinski definition) is 3. The number of carbonyl (C=O) groups excluding carboxylic acids is 1. The predicted molar refractivity (Wildman–Crippen MR) is 66.2 cm³/mol. The topological polar surface area (TPSA) is 69.6 Å². The van der Waals surface area contributed by atoms with Crippen molar-refractivity contribution in [3.05, 3.63) is 36.0 Å². The Balaban J connectivity index is 2.35. The first-order valence-corrected chi connectivity index (χ1v) is 5.59. The largest absolute Gasteiger partial charge is 0.507 e. The van der Waals surface area contributed by atoms with Crippen LogP contribution in [-0.4, -0.2) is 22.7 Å². The van der Waals surface area contributed by atoms with E-state index in [0.29, 0.717) is 24.8 Å². The lowest BCUT2D eigenvalue weighted by Crippen LogP contribution is -2.16. The first-order chi connectivity index (χ1) is 8.24. The molecule has 0 fully saturated rings. The van der Waals surface area contributed by atoms with Crippen LogP contribution in [0.2, 0.25) is 0 Å². The van der Waals surface area contributed by atoms with Crippen molar-refractivity contribution in [2.24, 2.45) is 0 Å². The zero-order valence-electron chi connectivity index (χ0n) is 9.60. The normalized spacial score (nSPS) is 10.6. The van der Waals surface area contributed by atoms with Gasteiger partial charge < -0.3 is 15.5 Å². The van der Waals surface area contributed by atoms with Crippen LogP contribution in [0.15, 0.2) is 30.5 Å². The minimum absolute atomic E-state index is 0.0925. The highest BCUT2D eigenvalue weighted by molar-refractivity contribution is 5.77. The summed E-state index contributed by atoms with van der Waals surface area (Å²) in [4.78, 5) is 11.3. The number of amides is 1. The molecule has 0 aliphatic rings. The third-order valence-electron chi connectivity index (χ3n) is 2.26. The highest BCUT2D eigenvalue weighted by Gasteiger charge is 1.98. The summed E-state index contributed by atoms with van der Waals surface area (Å²) in [5.74, 6) is 0.0865. The van der Waals surface area contributed by atoms with Crippen molar-refractivity contribution in [1.82, 2.24) is 5.32 Å². The van der Waals surface area contributed by atoms with Crippen molar-refractivity contribution in [3.63, 3.8) is 0 Å². The molecule has 0 atom stereocenters. The second-order valence-electron chi connectivity index (χ2n) is 3.64. The Labute approximate surface area is 101 Å². The zero-order valence-corrected chi connectivity index (χ0v) is 9.60. The molecule has 92 valence electrons. The third-order valence-corrected chi connectivity index (χ3v) is 2.26. The number of unbranched alkanes of at least 4 members (excludes halogenated alkanes) is 1. The maximum Gasteiger partial charge on any atom is 0.223 e. The van der Waals surface area contributed by atoms with Crippen LogP contribution in [0.5, 0.6) is 5.75 Å². The molecule has 0 heterocycles. The van der Waals surface area contributed by atoms with Gasteiger partial charge in [0.05, 0.1) is 0 Å². The van der Waals surface area contributed by atoms with Gasteiger partial charge in [0.1, 0.15) is 5.75 Å². The number of hydrogen-bond acceptors (Lipinski definition) is 3. The molecule has 3 N–H and O–H groups in total. The number of rotatable bonds is 6. The fourth-order valence-electron chi connectivity index (χ4n) is 1.32. The van der Waals surface area contributed by atoms with E-state index in [2.05, 4.69) is 5.32 Å². The Morgan fingerprint density at radius 2 is 2.06 bits per heavy atom. The molecule has 17 heavy (non-hydrogen) atoms. The van der Waals surface area contributed by atoms with Gasteiger partial charge in [0.15, 0.2) is 0 Å². The molecular formula is C13H17NO3. The molecule has 0 aromatic heterocycles. The van der Waals surface area contributed by atoms with Gasteiger partial charge in [0, 0.05) is 24.8 Å². The van der Waals surface area contributed by atoms with Crippen LogP contribution in [0.4, 0.5) is 0 Å². The minimum atomic E-state index is -0.0925. The van der Waals surface area contributed by atoms with Crippen molar-refractivity contribution in [3.8, 4) is 5.75 Å². The molecule has 0 aliphatic carbocycles. The van der Waals surface area contributed by atoms with E-state index in [-0.39, 0.29) is 18.3 Å². The number of para-hydroxylation sites is 1. The summed E-state index contributed by atoms with van der Waals surface area (Å²) in [5, 5.41) is 20.6. The van der Waals surface area contributed by atoms with Crippen LogP contribution >= 0.6 is 0 Å². The van der Waals surface area contributed by atoms with Crippen molar-refractivity contribution in [2.75, 3.05) is 6.61 Å². The van der Waals surface area contributed by atoms with Crippen molar-refractivity contribution >= 4 is 12.0 Å². The molecule has 4 heteroatoms. The highest BCUT2D eigenvalue weighted by Crippen LogP contribution is 2.16. The van der Waals surface area contributed by atoms with Crippen LogP contribution in [0.1, 0.15) is 24.8 Å². The number of aromatic hydroxyl groups is 1. The van der Waals surface area contributed by atoms with E-state index in [1.807, 2.05) is 6.07 Å². The number of aliphatic hydroxyl groups is 1. The van der Waals surface area contributed by atoms with E-state index in [4.69, 9.17) is 5.11 Å². The number of aliphatic hydroxyl groups excluding tert-OH is 1. The molecule has 4 nitrogen and oxygen atoms in total. The number of benzene rings is 1. The Bertz CT molecular complexity index is 388. The average molecular weight is 235 g/mol. The lowest BCUT2D eigenvalue weighted by atomic mass is 10.2. The van der Waals surface area contributed by atoms with Gasteiger partial charge in [-0.2, -0.15) is 0 Å². The van der Waals surface area contributed by atoms with Crippen LogP contribution in [0, 0.1) is 0 Å². The molecular weight excluding hydrogens is 218 g/mol. The van der Waals surface area contributed by atoms with E-state index < -0.39 is 0 Å². The Kier molecular flexibility index (Phi) is 5.82. The fourth-order valence-corrected chi connectivity index (χ4v) is 1.32. The van der Waals surface area contributed by atoms with Crippen molar-refractivity contribution < 1.29 is 15.0 Å². The van der Waals surface area contributed by atoms with Gasteiger partial charge in [0.2, 0.25) is 5.91 Å². The quantitative estimate of drug-likeness (QED) is 0.656. The molecule has 0 saturated carbocycles. The number of phenolic OH excluding ortho intramolecular Hbond substituents is 1. The SMILES string of the molecule is O=C(CCCCO)NC=Cc1ccccc1O. The van der Waals surface area contributed by atoms with Crippen LogP contribution in [0.25, 0.3) is 6.08 Å². The van der Waals surface area contributed by atoms with E-state index in [1.54, 1.807) is 24.3 Å². The van der Waals surface area contributed by atoms with Crippen molar-refractivity contribution in [2.45, 2.75) is 19.3 Å². The number of nitrogens with one attached hydrogen (secondary N) is 1. The van der Waals surface area contributed by atoms with E-state index in [9.17, 15) is 9.90 Å². The van der Waals surface area contributed by atoms with E-state index in [0.717, 1.165) is 0 Å². The van der Waals surface area contributed by atoms with Crippen molar-refractivity contribution in [1.29, 1.82) is 0 Å². The van der Waals surface area contributed by atoms with Crippen LogP contribution in [-0.2, 0) is 4.79 Å². The molecule has 1 rings (SSSR count). The first kappa shape index (κ1) is 13.3. The average Bonchev–Trinajstić information content (AvgIpc) is 2.32. The van der Waals surface area contributed by atoms with Gasteiger partial charge in [-0.05, 0) is 25.0 Å². The van der Waals surface area contributed by atoms with Gasteiger partial charge in [0.25, 0.3) is 0 Å². The molecule has 0 saturated heterocycles. The van der Waals surface area contributed by atoms with Gasteiger partial charge in [-0.25, -0.2) is 0 Å². The predicted octanol–water partition coefficient (Wildman–Crippen LogP) is 1.64. The molecule has 0 aliphatic heterocycles. The second kappa shape index (κ2) is 7.46. The maximum atomic E-state index is 11.3. The Hall–Kier alpha value is -1.81. The zero-order chi connectivity index (χ0) is 12.5. The van der Waals surface area contributed by atoms with E-state index in [1.165, 1.54) is 6.20 Å². The minimum Gasteiger partial charge on any atom is -0.507 e. The fraction of sp³-hybridized carbons (Fsp3) is 0.308. The summed E-state index contributed by atoms with van der Waals surface area (Å²) in [6, 6.07) is 6.88. The summed E-state index contributed by atoms with van der Waals surface area (Å²) in [5.41, 5.74) is 0.656. The molecule has 0 radical (unpaired) electrons. The van der Waals surface area contributed by atoms with Gasteiger partial charge >= 0.3 is 0 Å². The summed E-state index contributed by atoms with van der Waals surface area (Å²) < 4.78 is 0. The third kappa shape index (κ3) is 5.17. The van der Waals surface area contributed by atoms with Gasteiger partial charge in [-0.15, -0.1) is 0 Å². The summed E-state index contributed by atoms with van der Waals surface area (Å²) in [6.45, 7) is 0.112. The summed E-state index contributed by atoms with van der Waals surface area (Å²) in [7, 11) is 0. The standard InChI is InChI=1S/C13H17NO3/c15-10-4-3-7-13(17)14-9-8-11-5-1-2-6-12(11)16/h1-2,5-6,8-9,15-16H,3-4,7,10H2,(H,14,17). The van der Waals surface area contributed by atoms with Gasteiger partial charge in [-0.3, -0.25) is 4.79 Å². The molecule has 0 spiro atoms. The lowest BCUT2D eigenvalue weighted by molar-refractivity contribution is -0.120. The summed E-state index contributed by atoms with van der Waals surface area (Å²) >= 11 is 0. The van der Waals surface area contributed by atoms with E-state index >= 15 is 0 Å². The number of phenols is 1. The van der Waals surface area contributed by atoms with Crippen LogP contribution in [0.3, 0.4) is 0 Å². The van der Waals surface area contributed by atoms with Crippen LogP contribution < -0.4 is 5.32 Å².